The summed E-state index contributed by atoms with van der Waals surface area (Å²) in [4.78, 5) is 26.6. The zero-order valence-electron chi connectivity index (χ0n) is 17.3. The van der Waals surface area contributed by atoms with Gasteiger partial charge in [-0.3, -0.25) is 9.59 Å². The molecule has 2 heterocycles. The Morgan fingerprint density at radius 3 is 2.47 bits per heavy atom. The van der Waals surface area contributed by atoms with Gasteiger partial charge >= 0.3 is 0 Å². The fourth-order valence-corrected chi connectivity index (χ4v) is 5.06. The Balaban J connectivity index is 1.25. The molecule has 1 aromatic carbocycles. The van der Waals surface area contributed by atoms with Gasteiger partial charge in [0.2, 0.25) is 5.91 Å². The van der Waals surface area contributed by atoms with Gasteiger partial charge in [0.1, 0.15) is 0 Å². The molecule has 0 bridgehead atoms. The molecule has 0 radical (unpaired) electrons. The molecular weight excluding hydrogens is 390 g/mol. The number of carbonyl (C=O) groups excluding carboxylic acids is 2. The van der Waals surface area contributed by atoms with Crippen LogP contribution in [0.15, 0.2) is 18.2 Å². The van der Waals surface area contributed by atoms with Crippen LogP contribution in [0.1, 0.15) is 68.1 Å². The molecule has 4 rings (SSSR count). The lowest BCUT2D eigenvalue weighted by Crippen LogP contribution is -2.47. The largest absolute Gasteiger partial charge is 0.370 e. The van der Waals surface area contributed by atoms with Crippen LogP contribution in [0.4, 0.5) is 8.78 Å². The summed E-state index contributed by atoms with van der Waals surface area (Å²) >= 11 is 0. The number of rotatable bonds is 4. The van der Waals surface area contributed by atoms with E-state index in [2.05, 4.69) is 5.32 Å². The molecule has 7 heteroatoms. The van der Waals surface area contributed by atoms with Crippen LogP contribution in [-0.4, -0.2) is 48.1 Å². The molecule has 2 saturated heterocycles. The third-order valence-corrected chi connectivity index (χ3v) is 6.95. The van der Waals surface area contributed by atoms with Crippen molar-refractivity contribution in [2.24, 2.45) is 5.92 Å². The minimum Gasteiger partial charge on any atom is -0.370 e. The Morgan fingerprint density at radius 1 is 1.03 bits per heavy atom. The van der Waals surface area contributed by atoms with Crippen LogP contribution in [0.2, 0.25) is 0 Å². The zero-order chi connectivity index (χ0) is 21.1. The number of hydrogen-bond acceptors (Lipinski definition) is 3. The molecular formula is C23H30F2N2O3. The summed E-state index contributed by atoms with van der Waals surface area (Å²) in [6.45, 7) is 1.60. The molecule has 1 aromatic rings. The molecule has 0 aromatic heterocycles. The molecule has 1 saturated carbocycles. The van der Waals surface area contributed by atoms with E-state index in [9.17, 15) is 18.4 Å². The summed E-state index contributed by atoms with van der Waals surface area (Å²) in [5.74, 6) is -1.93. The van der Waals surface area contributed by atoms with E-state index >= 15 is 0 Å². The summed E-state index contributed by atoms with van der Waals surface area (Å²) in [5.41, 5.74) is -0.0779. The number of ether oxygens (including phenoxy) is 1. The van der Waals surface area contributed by atoms with Crippen LogP contribution in [-0.2, 0) is 9.53 Å². The number of piperidine rings is 1. The molecule has 164 valence electrons. The highest BCUT2D eigenvalue weighted by Gasteiger charge is 2.43. The van der Waals surface area contributed by atoms with E-state index in [1.165, 1.54) is 12.5 Å². The summed E-state index contributed by atoms with van der Waals surface area (Å²) in [7, 11) is 0. The van der Waals surface area contributed by atoms with Crippen molar-refractivity contribution in [2.45, 2.75) is 69.5 Å². The molecule has 30 heavy (non-hydrogen) atoms. The molecule has 1 unspecified atom stereocenters. The van der Waals surface area contributed by atoms with Crippen molar-refractivity contribution in [3.05, 3.63) is 35.4 Å². The van der Waals surface area contributed by atoms with E-state index in [1.54, 1.807) is 4.90 Å². The van der Waals surface area contributed by atoms with Gasteiger partial charge in [-0.05, 0) is 56.7 Å². The third kappa shape index (κ3) is 4.66. The minimum atomic E-state index is -1.01. The van der Waals surface area contributed by atoms with Crippen LogP contribution < -0.4 is 5.32 Å². The summed E-state index contributed by atoms with van der Waals surface area (Å²) < 4.78 is 32.9. The third-order valence-electron chi connectivity index (χ3n) is 6.95. The van der Waals surface area contributed by atoms with Crippen molar-refractivity contribution >= 4 is 11.8 Å². The second kappa shape index (κ2) is 9.00. The van der Waals surface area contributed by atoms with Gasteiger partial charge in [0.15, 0.2) is 11.6 Å². The SMILES string of the molecule is O=C(NCC1CCC2(CCN(C(=O)c3ccc(F)c(F)c3)CC2)O1)C1CCCCC1. The monoisotopic (exact) mass is 420 g/mol. The molecule has 2 amide bonds. The van der Waals surface area contributed by atoms with Crippen LogP contribution >= 0.6 is 0 Å². The lowest BCUT2D eigenvalue weighted by atomic mass is 9.88. The van der Waals surface area contributed by atoms with E-state index in [0.29, 0.717) is 19.6 Å². The molecule has 1 aliphatic carbocycles. The maximum absolute atomic E-state index is 13.4. The number of amides is 2. The summed E-state index contributed by atoms with van der Waals surface area (Å²) in [6.07, 6.45) is 8.77. The zero-order valence-corrected chi connectivity index (χ0v) is 17.3. The van der Waals surface area contributed by atoms with Crippen molar-refractivity contribution in [2.75, 3.05) is 19.6 Å². The number of hydrogen-bond donors (Lipinski definition) is 1. The van der Waals surface area contributed by atoms with Gasteiger partial charge in [-0.1, -0.05) is 19.3 Å². The minimum absolute atomic E-state index is 0.0194. The van der Waals surface area contributed by atoms with Crippen molar-refractivity contribution < 1.29 is 23.1 Å². The van der Waals surface area contributed by atoms with Crippen molar-refractivity contribution in [3.63, 3.8) is 0 Å². The predicted octanol–water partition coefficient (Wildman–Crippen LogP) is 3.82. The standard InChI is InChI=1S/C23H30F2N2O3/c24-19-7-6-17(14-20(19)25)22(29)27-12-10-23(11-13-27)9-8-18(30-23)15-26-21(28)16-4-2-1-3-5-16/h6-7,14,16,18H,1-5,8-13,15H2,(H,26,28). The lowest BCUT2D eigenvalue weighted by molar-refractivity contribution is -0.127. The van der Waals surface area contributed by atoms with E-state index in [4.69, 9.17) is 4.74 Å². The van der Waals surface area contributed by atoms with E-state index < -0.39 is 11.6 Å². The molecule has 3 aliphatic rings. The van der Waals surface area contributed by atoms with Gasteiger partial charge in [0.05, 0.1) is 11.7 Å². The molecule has 1 atom stereocenters. The Kier molecular flexibility index (Phi) is 6.37. The highest BCUT2D eigenvalue weighted by molar-refractivity contribution is 5.94. The van der Waals surface area contributed by atoms with Gasteiger partial charge in [-0.25, -0.2) is 8.78 Å². The van der Waals surface area contributed by atoms with Gasteiger partial charge in [-0.15, -0.1) is 0 Å². The smallest absolute Gasteiger partial charge is 0.253 e. The fraction of sp³-hybridized carbons (Fsp3) is 0.652. The molecule has 3 fully saturated rings. The van der Waals surface area contributed by atoms with Gasteiger partial charge < -0.3 is 15.0 Å². The molecule has 1 spiro atoms. The Labute approximate surface area is 176 Å². The first kappa shape index (κ1) is 21.2. The number of carbonyl (C=O) groups is 2. The maximum Gasteiger partial charge on any atom is 0.253 e. The maximum atomic E-state index is 13.4. The first-order valence-corrected chi connectivity index (χ1v) is 11.2. The van der Waals surface area contributed by atoms with Gasteiger partial charge in [0.25, 0.3) is 5.91 Å². The second-order valence-corrected chi connectivity index (χ2v) is 8.96. The molecule has 5 nitrogen and oxygen atoms in total. The van der Waals surface area contributed by atoms with Crippen molar-refractivity contribution in [1.29, 1.82) is 0 Å². The quantitative estimate of drug-likeness (QED) is 0.806. The first-order chi connectivity index (χ1) is 14.5. The van der Waals surface area contributed by atoms with Crippen LogP contribution in [0, 0.1) is 17.6 Å². The van der Waals surface area contributed by atoms with Crippen LogP contribution in [0.25, 0.3) is 0 Å². The summed E-state index contributed by atoms with van der Waals surface area (Å²) in [5, 5.41) is 3.08. The number of likely N-dealkylation sites (tertiary alicyclic amines) is 1. The number of nitrogens with one attached hydrogen (secondary N) is 1. The van der Waals surface area contributed by atoms with E-state index in [-0.39, 0.29) is 35.0 Å². The molecule has 1 N–H and O–H groups in total. The summed E-state index contributed by atoms with van der Waals surface area (Å²) in [6, 6.07) is 3.27. The number of nitrogens with zero attached hydrogens (tertiary/aromatic N) is 1. The number of halogens is 2. The van der Waals surface area contributed by atoms with E-state index in [0.717, 1.165) is 63.5 Å². The Bertz CT molecular complexity index is 787. The van der Waals surface area contributed by atoms with Crippen molar-refractivity contribution in [3.8, 4) is 0 Å². The normalized spacial score (nSPS) is 24.2. The molecule has 2 aliphatic heterocycles. The fourth-order valence-electron chi connectivity index (χ4n) is 5.06. The van der Waals surface area contributed by atoms with Gasteiger partial charge in [0, 0.05) is 31.1 Å². The topological polar surface area (TPSA) is 58.6 Å². The average molecular weight is 421 g/mol. The first-order valence-electron chi connectivity index (χ1n) is 11.2. The highest BCUT2D eigenvalue weighted by atomic mass is 19.2. The Hall–Kier alpha value is -2.02. The van der Waals surface area contributed by atoms with Gasteiger partial charge in [-0.2, -0.15) is 0 Å². The Morgan fingerprint density at radius 2 is 1.77 bits per heavy atom. The van der Waals surface area contributed by atoms with Crippen LogP contribution in [0.3, 0.4) is 0 Å². The predicted molar refractivity (Wildman–Crippen MR) is 108 cm³/mol. The van der Waals surface area contributed by atoms with E-state index in [1.807, 2.05) is 0 Å². The second-order valence-electron chi connectivity index (χ2n) is 8.96. The lowest BCUT2D eigenvalue weighted by Gasteiger charge is -2.39. The highest BCUT2D eigenvalue weighted by Crippen LogP contribution is 2.39. The van der Waals surface area contributed by atoms with Crippen molar-refractivity contribution in [1.82, 2.24) is 10.2 Å². The average Bonchev–Trinajstić information content (AvgIpc) is 3.17. The number of benzene rings is 1. The van der Waals surface area contributed by atoms with Crippen LogP contribution in [0.5, 0.6) is 0 Å².